The van der Waals surface area contributed by atoms with E-state index in [2.05, 4.69) is 18.3 Å². The largest absolute Gasteiger partial charge is 0.493 e. The first kappa shape index (κ1) is 15.1. The Morgan fingerprint density at radius 3 is 2.50 bits per heavy atom. The first-order chi connectivity index (χ1) is 9.69. The van der Waals surface area contributed by atoms with Crippen molar-refractivity contribution in [3.63, 3.8) is 0 Å². The van der Waals surface area contributed by atoms with Crippen LogP contribution in [0.15, 0.2) is 18.2 Å². The molecule has 0 aromatic heterocycles. The zero-order valence-corrected chi connectivity index (χ0v) is 12.6. The van der Waals surface area contributed by atoms with Crippen LogP contribution < -0.4 is 14.8 Å². The van der Waals surface area contributed by atoms with Crippen molar-refractivity contribution in [1.82, 2.24) is 5.32 Å². The molecule has 0 heterocycles. The van der Waals surface area contributed by atoms with E-state index in [1.807, 2.05) is 12.1 Å². The summed E-state index contributed by atoms with van der Waals surface area (Å²) in [7, 11) is 3.29. The van der Waals surface area contributed by atoms with Crippen molar-refractivity contribution in [1.29, 1.82) is 0 Å². The van der Waals surface area contributed by atoms with Gasteiger partial charge < -0.3 is 19.9 Å². The summed E-state index contributed by atoms with van der Waals surface area (Å²) in [5, 5.41) is 12.8. The third-order valence-corrected chi connectivity index (χ3v) is 4.00. The average molecular weight is 279 g/mol. The molecule has 1 aliphatic carbocycles. The molecule has 2 rings (SSSR count). The van der Waals surface area contributed by atoms with Gasteiger partial charge in [-0.3, -0.25) is 0 Å². The maximum Gasteiger partial charge on any atom is 0.161 e. The average Bonchev–Trinajstić information content (AvgIpc) is 3.30. The van der Waals surface area contributed by atoms with E-state index in [9.17, 15) is 5.11 Å². The van der Waals surface area contributed by atoms with Crippen LogP contribution in [-0.4, -0.2) is 32.0 Å². The first-order valence-electron chi connectivity index (χ1n) is 7.28. The lowest BCUT2D eigenvalue weighted by molar-refractivity contribution is 0.250. The summed E-state index contributed by atoms with van der Waals surface area (Å²) in [5.74, 6) is 2.23. The number of hydrogen-bond acceptors (Lipinski definition) is 4. The number of benzene rings is 1. The molecular formula is C16H25NO3. The smallest absolute Gasteiger partial charge is 0.161 e. The summed E-state index contributed by atoms with van der Waals surface area (Å²) in [4.78, 5) is 0. The fraction of sp³-hybridized carbons (Fsp3) is 0.625. The Morgan fingerprint density at radius 2 is 1.95 bits per heavy atom. The van der Waals surface area contributed by atoms with Gasteiger partial charge in [0, 0.05) is 18.7 Å². The fourth-order valence-corrected chi connectivity index (χ4v) is 2.63. The third-order valence-electron chi connectivity index (χ3n) is 4.00. The fourth-order valence-electron chi connectivity index (χ4n) is 2.63. The Kier molecular flexibility index (Phi) is 5.26. The number of aliphatic hydroxyl groups is 1. The molecule has 2 atom stereocenters. The molecule has 4 nitrogen and oxygen atoms in total. The van der Waals surface area contributed by atoms with Crippen molar-refractivity contribution in [2.45, 2.75) is 38.3 Å². The summed E-state index contributed by atoms with van der Waals surface area (Å²) in [6.07, 6.45) is 3.37. The zero-order chi connectivity index (χ0) is 14.5. The van der Waals surface area contributed by atoms with E-state index < -0.39 is 0 Å². The molecule has 1 aliphatic rings. The van der Waals surface area contributed by atoms with E-state index in [1.54, 1.807) is 14.2 Å². The number of hydrogen-bond donors (Lipinski definition) is 2. The van der Waals surface area contributed by atoms with E-state index in [0.29, 0.717) is 6.04 Å². The molecule has 0 radical (unpaired) electrons. The summed E-state index contributed by atoms with van der Waals surface area (Å²) >= 11 is 0. The quantitative estimate of drug-likeness (QED) is 0.768. The summed E-state index contributed by atoms with van der Waals surface area (Å²) in [6.45, 7) is 2.39. The first-order valence-corrected chi connectivity index (χ1v) is 7.28. The number of methoxy groups -OCH3 is 2. The Balaban J connectivity index is 2.05. The Labute approximate surface area is 121 Å². The van der Waals surface area contributed by atoms with Crippen molar-refractivity contribution in [3.05, 3.63) is 23.8 Å². The summed E-state index contributed by atoms with van der Waals surface area (Å²) in [5.41, 5.74) is 1.17. The molecule has 1 aromatic rings. The van der Waals surface area contributed by atoms with Gasteiger partial charge in [-0.25, -0.2) is 0 Å². The lowest BCUT2D eigenvalue weighted by Crippen LogP contribution is -2.34. The van der Waals surface area contributed by atoms with Crippen molar-refractivity contribution in [3.8, 4) is 11.5 Å². The second kappa shape index (κ2) is 6.95. The monoisotopic (exact) mass is 279 g/mol. The Hall–Kier alpha value is -1.26. The molecule has 1 saturated carbocycles. The van der Waals surface area contributed by atoms with Crippen LogP contribution in [0.25, 0.3) is 0 Å². The van der Waals surface area contributed by atoms with Crippen LogP contribution in [0.4, 0.5) is 0 Å². The van der Waals surface area contributed by atoms with Gasteiger partial charge in [0.2, 0.25) is 0 Å². The highest BCUT2D eigenvalue weighted by Gasteiger charge is 2.31. The van der Waals surface area contributed by atoms with Crippen LogP contribution in [0.3, 0.4) is 0 Å². The SMILES string of the molecule is COc1ccc(C(C)NC(CCO)C2CC2)cc1OC. The van der Waals surface area contributed by atoms with Crippen molar-refractivity contribution < 1.29 is 14.6 Å². The van der Waals surface area contributed by atoms with Crippen LogP contribution in [0.2, 0.25) is 0 Å². The molecule has 2 unspecified atom stereocenters. The maximum absolute atomic E-state index is 9.17. The highest BCUT2D eigenvalue weighted by molar-refractivity contribution is 5.43. The van der Waals surface area contributed by atoms with E-state index >= 15 is 0 Å². The minimum Gasteiger partial charge on any atom is -0.493 e. The van der Waals surface area contributed by atoms with Crippen molar-refractivity contribution >= 4 is 0 Å². The standard InChI is InChI=1S/C16H25NO3/c1-11(17-14(8-9-18)12-4-5-12)13-6-7-15(19-2)16(10-13)20-3/h6-7,10-12,14,17-18H,4-5,8-9H2,1-3H3. The van der Waals surface area contributed by atoms with Crippen molar-refractivity contribution in [2.24, 2.45) is 5.92 Å². The van der Waals surface area contributed by atoms with Gasteiger partial charge in [0.1, 0.15) is 0 Å². The molecule has 1 fully saturated rings. The third kappa shape index (κ3) is 3.64. The van der Waals surface area contributed by atoms with Gasteiger partial charge in [0.05, 0.1) is 14.2 Å². The van der Waals surface area contributed by atoms with E-state index in [0.717, 1.165) is 23.8 Å². The second-order valence-electron chi connectivity index (χ2n) is 5.46. The van der Waals surface area contributed by atoms with Gasteiger partial charge >= 0.3 is 0 Å². The van der Waals surface area contributed by atoms with E-state index in [1.165, 1.54) is 18.4 Å². The van der Waals surface area contributed by atoms with Crippen LogP contribution in [-0.2, 0) is 0 Å². The van der Waals surface area contributed by atoms with Gasteiger partial charge in [-0.05, 0) is 49.8 Å². The minimum absolute atomic E-state index is 0.229. The van der Waals surface area contributed by atoms with Gasteiger partial charge in [0.25, 0.3) is 0 Å². The number of ether oxygens (including phenoxy) is 2. The van der Waals surface area contributed by atoms with Crippen LogP contribution >= 0.6 is 0 Å². The molecule has 20 heavy (non-hydrogen) atoms. The minimum atomic E-state index is 0.229. The van der Waals surface area contributed by atoms with E-state index in [4.69, 9.17) is 9.47 Å². The molecule has 0 spiro atoms. The predicted molar refractivity (Wildman–Crippen MR) is 79.3 cm³/mol. The number of aliphatic hydroxyl groups excluding tert-OH is 1. The molecule has 0 aliphatic heterocycles. The molecule has 2 N–H and O–H groups in total. The maximum atomic E-state index is 9.17. The normalized spacial score (nSPS) is 17.6. The molecule has 1 aromatic carbocycles. The summed E-state index contributed by atoms with van der Waals surface area (Å²) < 4.78 is 10.6. The lowest BCUT2D eigenvalue weighted by Gasteiger charge is -2.23. The van der Waals surface area contributed by atoms with Crippen molar-refractivity contribution in [2.75, 3.05) is 20.8 Å². The molecule has 0 amide bonds. The van der Waals surface area contributed by atoms with Gasteiger partial charge in [0.15, 0.2) is 11.5 Å². The lowest BCUT2D eigenvalue weighted by atomic mass is 10.0. The Morgan fingerprint density at radius 1 is 1.25 bits per heavy atom. The van der Waals surface area contributed by atoms with Gasteiger partial charge in [-0.1, -0.05) is 6.07 Å². The molecule has 112 valence electrons. The predicted octanol–water partition coefficient (Wildman–Crippen LogP) is 2.52. The molecule has 4 heteroatoms. The topological polar surface area (TPSA) is 50.7 Å². The zero-order valence-electron chi connectivity index (χ0n) is 12.6. The van der Waals surface area contributed by atoms with E-state index in [-0.39, 0.29) is 12.6 Å². The molecule has 0 bridgehead atoms. The highest BCUT2D eigenvalue weighted by Crippen LogP contribution is 2.36. The number of rotatable bonds is 8. The summed E-state index contributed by atoms with van der Waals surface area (Å²) in [6, 6.07) is 6.64. The van der Waals surface area contributed by atoms with Crippen LogP contribution in [0.1, 0.15) is 37.8 Å². The number of nitrogens with one attached hydrogen (secondary N) is 1. The second-order valence-corrected chi connectivity index (χ2v) is 5.46. The van der Waals surface area contributed by atoms with Crippen LogP contribution in [0.5, 0.6) is 11.5 Å². The molecule has 0 saturated heterocycles. The highest BCUT2D eigenvalue weighted by atomic mass is 16.5. The molecular weight excluding hydrogens is 254 g/mol. The Bertz CT molecular complexity index is 432. The van der Waals surface area contributed by atoms with Gasteiger partial charge in [-0.15, -0.1) is 0 Å². The van der Waals surface area contributed by atoms with Gasteiger partial charge in [-0.2, -0.15) is 0 Å². The van der Waals surface area contributed by atoms with Crippen LogP contribution in [0, 0.1) is 5.92 Å².